The third-order valence-corrected chi connectivity index (χ3v) is 5.01. The first kappa shape index (κ1) is 20.1. The molecule has 0 N–H and O–H groups in total. The SMILES string of the molecule is O=C(/C=C/c1ccc(Cl)cc1Cl)N1CCCN(c2ccc([N+](=O)[O-])cn2)CC1. The van der Waals surface area contributed by atoms with E-state index in [2.05, 4.69) is 4.98 Å². The van der Waals surface area contributed by atoms with Gasteiger partial charge in [0.2, 0.25) is 5.91 Å². The van der Waals surface area contributed by atoms with E-state index < -0.39 is 4.92 Å². The van der Waals surface area contributed by atoms with E-state index in [9.17, 15) is 14.9 Å². The van der Waals surface area contributed by atoms with Gasteiger partial charge in [0.25, 0.3) is 5.69 Å². The van der Waals surface area contributed by atoms with Gasteiger partial charge in [-0.05, 0) is 36.3 Å². The van der Waals surface area contributed by atoms with E-state index >= 15 is 0 Å². The molecule has 0 unspecified atom stereocenters. The van der Waals surface area contributed by atoms with E-state index in [-0.39, 0.29) is 11.6 Å². The van der Waals surface area contributed by atoms with Crippen LogP contribution in [0.3, 0.4) is 0 Å². The highest BCUT2D eigenvalue weighted by atomic mass is 35.5. The van der Waals surface area contributed by atoms with Crippen LogP contribution < -0.4 is 4.90 Å². The van der Waals surface area contributed by atoms with E-state index in [1.807, 2.05) is 4.90 Å². The Morgan fingerprint density at radius 1 is 1.14 bits per heavy atom. The molecule has 0 aliphatic carbocycles. The van der Waals surface area contributed by atoms with Crippen molar-refractivity contribution >= 4 is 46.7 Å². The highest BCUT2D eigenvalue weighted by molar-refractivity contribution is 6.35. The van der Waals surface area contributed by atoms with E-state index in [1.54, 1.807) is 35.2 Å². The van der Waals surface area contributed by atoms with Gasteiger partial charge in [-0.2, -0.15) is 0 Å². The van der Waals surface area contributed by atoms with Crippen molar-refractivity contribution < 1.29 is 9.72 Å². The summed E-state index contributed by atoms with van der Waals surface area (Å²) in [6, 6.07) is 8.19. The number of anilines is 1. The van der Waals surface area contributed by atoms with Crippen molar-refractivity contribution in [1.82, 2.24) is 9.88 Å². The standard InChI is InChI=1S/C19H18Cl2N4O3/c20-15-4-2-14(17(21)12-15)3-7-19(26)24-9-1-8-23(10-11-24)18-6-5-16(13-22-18)25(27)28/h2-7,12-13H,1,8-11H2/b7-3+. The fourth-order valence-corrected chi connectivity index (χ4v) is 3.41. The van der Waals surface area contributed by atoms with Gasteiger partial charge in [0.15, 0.2) is 0 Å². The number of halogens is 2. The van der Waals surface area contributed by atoms with Crippen LogP contribution in [0, 0.1) is 10.1 Å². The summed E-state index contributed by atoms with van der Waals surface area (Å²) in [6.07, 6.45) is 5.22. The summed E-state index contributed by atoms with van der Waals surface area (Å²) in [4.78, 5) is 30.8. The van der Waals surface area contributed by atoms with Crippen molar-refractivity contribution in [2.24, 2.45) is 0 Å². The fraction of sp³-hybridized carbons (Fsp3) is 0.263. The molecule has 2 heterocycles. The van der Waals surface area contributed by atoms with Crippen LogP contribution in [0.5, 0.6) is 0 Å². The molecule has 0 saturated carbocycles. The Balaban J connectivity index is 1.61. The first-order valence-electron chi connectivity index (χ1n) is 8.71. The molecule has 7 nitrogen and oxygen atoms in total. The fourth-order valence-electron chi connectivity index (χ4n) is 2.94. The van der Waals surface area contributed by atoms with Gasteiger partial charge in [-0.25, -0.2) is 4.98 Å². The summed E-state index contributed by atoms with van der Waals surface area (Å²) < 4.78 is 0. The molecular weight excluding hydrogens is 403 g/mol. The van der Waals surface area contributed by atoms with E-state index in [1.165, 1.54) is 18.3 Å². The number of hydrogen-bond acceptors (Lipinski definition) is 5. The Labute approximate surface area is 172 Å². The molecular formula is C19H18Cl2N4O3. The Bertz CT molecular complexity index is 903. The van der Waals surface area contributed by atoms with E-state index in [4.69, 9.17) is 23.2 Å². The lowest BCUT2D eigenvalue weighted by atomic mass is 10.2. The molecule has 0 bridgehead atoms. The molecule has 0 spiro atoms. The molecule has 0 radical (unpaired) electrons. The summed E-state index contributed by atoms with van der Waals surface area (Å²) in [5.74, 6) is 0.577. The van der Waals surface area contributed by atoms with Crippen LogP contribution >= 0.6 is 23.2 Å². The smallest absolute Gasteiger partial charge is 0.287 e. The molecule has 1 aliphatic rings. The first-order chi connectivity index (χ1) is 13.4. The number of nitro groups is 1. The molecule has 2 aromatic rings. The molecule has 146 valence electrons. The Morgan fingerprint density at radius 3 is 2.64 bits per heavy atom. The van der Waals surface area contributed by atoms with Gasteiger partial charge in [0.1, 0.15) is 12.0 Å². The third kappa shape index (κ3) is 4.99. The van der Waals surface area contributed by atoms with E-state index in [0.29, 0.717) is 35.5 Å². The second-order valence-corrected chi connectivity index (χ2v) is 7.14. The lowest BCUT2D eigenvalue weighted by Gasteiger charge is -2.22. The molecule has 1 aromatic carbocycles. The van der Waals surface area contributed by atoms with Crippen molar-refractivity contribution in [3.8, 4) is 0 Å². The maximum absolute atomic E-state index is 12.5. The molecule has 28 heavy (non-hydrogen) atoms. The van der Waals surface area contributed by atoms with Gasteiger partial charge in [0.05, 0.1) is 4.92 Å². The largest absolute Gasteiger partial charge is 0.355 e. The van der Waals surface area contributed by atoms with Crippen LogP contribution in [-0.4, -0.2) is 46.9 Å². The molecule has 1 saturated heterocycles. The van der Waals surface area contributed by atoms with Crippen LogP contribution in [0.4, 0.5) is 11.5 Å². The van der Waals surface area contributed by atoms with Crippen LogP contribution in [0.2, 0.25) is 10.0 Å². The normalized spacial score (nSPS) is 14.9. The van der Waals surface area contributed by atoms with Gasteiger partial charge in [-0.1, -0.05) is 29.3 Å². The quantitative estimate of drug-likeness (QED) is 0.423. The van der Waals surface area contributed by atoms with Crippen molar-refractivity contribution in [1.29, 1.82) is 0 Å². The zero-order valence-corrected chi connectivity index (χ0v) is 16.4. The number of benzene rings is 1. The van der Waals surface area contributed by atoms with Gasteiger partial charge in [0, 0.05) is 48.4 Å². The number of rotatable bonds is 4. The van der Waals surface area contributed by atoms with Gasteiger partial charge >= 0.3 is 0 Å². The van der Waals surface area contributed by atoms with Crippen LogP contribution in [0.15, 0.2) is 42.6 Å². The molecule has 1 aliphatic heterocycles. The number of carbonyl (C=O) groups is 1. The number of carbonyl (C=O) groups excluding carboxylic acids is 1. The average molecular weight is 421 g/mol. The monoisotopic (exact) mass is 420 g/mol. The summed E-state index contributed by atoms with van der Waals surface area (Å²) in [5, 5.41) is 11.8. The minimum absolute atomic E-state index is 0.0404. The van der Waals surface area contributed by atoms with Crippen molar-refractivity contribution in [3.05, 3.63) is 68.3 Å². The molecule has 1 fully saturated rings. The van der Waals surface area contributed by atoms with Gasteiger partial charge in [-0.3, -0.25) is 14.9 Å². The number of hydrogen-bond donors (Lipinski definition) is 0. The summed E-state index contributed by atoms with van der Waals surface area (Å²) in [6.45, 7) is 2.49. The molecule has 3 rings (SSSR count). The highest BCUT2D eigenvalue weighted by Crippen LogP contribution is 2.22. The number of pyridine rings is 1. The predicted molar refractivity (Wildman–Crippen MR) is 110 cm³/mol. The topological polar surface area (TPSA) is 79.6 Å². The number of nitrogens with zero attached hydrogens (tertiary/aromatic N) is 4. The van der Waals surface area contributed by atoms with Crippen LogP contribution in [0.1, 0.15) is 12.0 Å². The number of aromatic nitrogens is 1. The average Bonchev–Trinajstić information content (AvgIpc) is 2.93. The van der Waals surface area contributed by atoms with Crippen LogP contribution in [0.25, 0.3) is 6.08 Å². The lowest BCUT2D eigenvalue weighted by molar-refractivity contribution is -0.385. The van der Waals surface area contributed by atoms with Crippen molar-refractivity contribution in [2.75, 3.05) is 31.1 Å². The van der Waals surface area contributed by atoms with Gasteiger partial charge in [-0.15, -0.1) is 0 Å². The Kier molecular flexibility index (Phi) is 6.49. The molecule has 0 atom stereocenters. The van der Waals surface area contributed by atoms with Crippen molar-refractivity contribution in [2.45, 2.75) is 6.42 Å². The first-order valence-corrected chi connectivity index (χ1v) is 9.47. The predicted octanol–water partition coefficient (Wildman–Crippen LogP) is 4.05. The molecule has 9 heteroatoms. The minimum Gasteiger partial charge on any atom is -0.355 e. The zero-order chi connectivity index (χ0) is 20.1. The zero-order valence-electron chi connectivity index (χ0n) is 14.9. The maximum Gasteiger partial charge on any atom is 0.287 e. The summed E-state index contributed by atoms with van der Waals surface area (Å²) >= 11 is 12.0. The Hall–Kier alpha value is -2.64. The second kappa shape index (κ2) is 9.03. The van der Waals surface area contributed by atoms with Crippen molar-refractivity contribution in [3.63, 3.8) is 0 Å². The highest BCUT2D eigenvalue weighted by Gasteiger charge is 2.19. The molecule has 1 aromatic heterocycles. The Morgan fingerprint density at radius 2 is 1.96 bits per heavy atom. The second-order valence-electron chi connectivity index (χ2n) is 6.30. The van der Waals surface area contributed by atoms with E-state index in [0.717, 1.165) is 18.5 Å². The minimum atomic E-state index is -0.473. The van der Waals surface area contributed by atoms with Crippen LogP contribution in [-0.2, 0) is 4.79 Å². The van der Waals surface area contributed by atoms with Gasteiger partial charge < -0.3 is 9.80 Å². The number of amides is 1. The lowest BCUT2D eigenvalue weighted by Crippen LogP contribution is -2.34. The maximum atomic E-state index is 12.5. The molecule has 1 amide bonds. The summed E-state index contributed by atoms with van der Waals surface area (Å²) in [5.41, 5.74) is 0.687. The summed E-state index contributed by atoms with van der Waals surface area (Å²) in [7, 11) is 0. The third-order valence-electron chi connectivity index (χ3n) is 4.44.